The van der Waals surface area contributed by atoms with Gasteiger partial charge in [-0.2, -0.15) is 0 Å². The van der Waals surface area contributed by atoms with E-state index in [1.54, 1.807) is 31.5 Å². The second kappa shape index (κ2) is 5.65. The summed E-state index contributed by atoms with van der Waals surface area (Å²) in [6.07, 6.45) is 6.24. The van der Waals surface area contributed by atoms with Crippen LogP contribution in [0, 0.1) is 5.41 Å². The second-order valence-corrected chi connectivity index (χ2v) is 5.07. The number of allylic oxidation sites excluding steroid dienone is 1. The zero-order valence-electron chi connectivity index (χ0n) is 9.55. The van der Waals surface area contributed by atoms with Crippen LogP contribution >= 0.6 is 11.8 Å². The van der Waals surface area contributed by atoms with Gasteiger partial charge in [-0.3, -0.25) is 10.4 Å². The summed E-state index contributed by atoms with van der Waals surface area (Å²) in [6.45, 7) is 5.09. The third-order valence-corrected chi connectivity index (χ3v) is 2.83. The van der Waals surface area contributed by atoms with E-state index < -0.39 is 4.93 Å². The molecule has 0 saturated heterocycles. The van der Waals surface area contributed by atoms with Crippen LogP contribution in [0.25, 0.3) is 0 Å². The van der Waals surface area contributed by atoms with E-state index in [9.17, 15) is 5.11 Å². The molecule has 4 nitrogen and oxygen atoms in total. The molecule has 0 fully saturated rings. The lowest BCUT2D eigenvalue weighted by molar-refractivity contribution is 0.210. The fraction of sp³-hybridized carbons (Fsp3) is 0.167. The molecule has 0 aliphatic heterocycles. The summed E-state index contributed by atoms with van der Waals surface area (Å²) in [5, 5.41) is 18.1. The zero-order valence-corrected chi connectivity index (χ0v) is 10.4. The minimum Gasteiger partial charge on any atom is -0.399 e. The summed E-state index contributed by atoms with van der Waals surface area (Å²) in [5.41, 5.74) is 6.40. The van der Waals surface area contributed by atoms with Crippen molar-refractivity contribution in [3.8, 4) is 0 Å². The van der Waals surface area contributed by atoms with Crippen LogP contribution in [-0.2, 0) is 0 Å². The Morgan fingerprint density at radius 1 is 1.71 bits per heavy atom. The lowest BCUT2D eigenvalue weighted by Crippen LogP contribution is -2.18. The SMILES string of the molecule is C=C(N)/C=C\C(C)(O)SC(=N)c1cccnc1. The van der Waals surface area contributed by atoms with Crippen molar-refractivity contribution >= 4 is 16.8 Å². The Hall–Kier alpha value is -1.59. The fourth-order valence-corrected chi connectivity index (χ4v) is 1.85. The van der Waals surface area contributed by atoms with E-state index in [4.69, 9.17) is 11.1 Å². The van der Waals surface area contributed by atoms with Gasteiger partial charge >= 0.3 is 0 Å². The third kappa shape index (κ3) is 4.84. The van der Waals surface area contributed by atoms with Gasteiger partial charge in [0.1, 0.15) is 4.93 Å². The highest BCUT2D eigenvalue weighted by Crippen LogP contribution is 2.27. The number of nitrogens with zero attached hydrogens (tertiary/aromatic N) is 1. The van der Waals surface area contributed by atoms with Gasteiger partial charge in [-0.15, -0.1) is 0 Å². The van der Waals surface area contributed by atoms with Crippen LogP contribution in [0.5, 0.6) is 0 Å². The molecule has 1 rings (SSSR count). The van der Waals surface area contributed by atoms with Gasteiger partial charge < -0.3 is 10.8 Å². The van der Waals surface area contributed by atoms with Crippen LogP contribution in [0.3, 0.4) is 0 Å². The molecule has 1 atom stereocenters. The molecule has 0 aromatic carbocycles. The van der Waals surface area contributed by atoms with E-state index in [1.807, 2.05) is 0 Å². The van der Waals surface area contributed by atoms with E-state index in [1.165, 1.54) is 12.2 Å². The summed E-state index contributed by atoms with van der Waals surface area (Å²) in [4.78, 5) is 2.72. The fourth-order valence-electron chi connectivity index (χ4n) is 1.06. The smallest absolute Gasteiger partial charge is 0.132 e. The van der Waals surface area contributed by atoms with Gasteiger partial charge in [0, 0.05) is 23.7 Å². The van der Waals surface area contributed by atoms with Gasteiger partial charge in [0.2, 0.25) is 0 Å². The number of thioether (sulfide) groups is 1. The van der Waals surface area contributed by atoms with Gasteiger partial charge in [0.15, 0.2) is 0 Å². The van der Waals surface area contributed by atoms with E-state index >= 15 is 0 Å². The predicted molar refractivity (Wildman–Crippen MR) is 71.7 cm³/mol. The maximum Gasteiger partial charge on any atom is 0.132 e. The van der Waals surface area contributed by atoms with E-state index in [0.29, 0.717) is 11.3 Å². The number of nitrogens with one attached hydrogen (secondary N) is 1. The Labute approximate surface area is 105 Å². The molecule has 1 aromatic heterocycles. The quantitative estimate of drug-likeness (QED) is 0.329. The third-order valence-electron chi connectivity index (χ3n) is 1.84. The predicted octanol–water partition coefficient (Wildman–Crippen LogP) is 1.88. The molecule has 1 unspecified atom stereocenters. The normalized spacial score (nSPS) is 14.5. The molecule has 0 saturated carbocycles. The summed E-state index contributed by atoms with van der Waals surface area (Å²) in [6, 6.07) is 3.51. The van der Waals surface area contributed by atoms with Crippen LogP contribution in [-0.4, -0.2) is 20.1 Å². The van der Waals surface area contributed by atoms with E-state index in [0.717, 1.165) is 11.8 Å². The molecule has 1 heterocycles. The Morgan fingerprint density at radius 2 is 2.41 bits per heavy atom. The van der Waals surface area contributed by atoms with Gasteiger partial charge in [-0.05, 0) is 31.2 Å². The molecular weight excluding hydrogens is 234 g/mol. The maximum absolute atomic E-state index is 10.0. The molecule has 17 heavy (non-hydrogen) atoms. The topological polar surface area (TPSA) is 83.0 Å². The molecule has 1 aromatic rings. The highest BCUT2D eigenvalue weighted by atomic mass is 32.2. The maximum atomic E-state index is 10.0. The summed E-state index contributed by atoms with van der Waals surface area (Å²) in [7, 11) is 0. The average Bonchev–Trinajstić information content (AvgIpc) is 2.27. The minimum atomic E-state index is -1.20. The van der Waals surface area contributed by atoms with Crippen LogP contribution in [0.15, 0.2) is 49.0 Å². The van der Waals surface area contributed by atoms with Crippen molar-refractivity contribution in [2.75, 3.05) is 0 Å². The van der Waals surface area contributed by atoms with Crippen molar-refractivity contribution in [3.63, 3.8) is 0 Å². The van der Waals surface area contributed by atoms with Crippen molar-refractivity contribution < 1.29 is 5.11 Å². The zero-order chi connectivity index (χ0) is 12.9. The first kappa shape index (κ1) is 13.5. The largest absolute Gasteiger partial charge is 0.399 e. The van der Waals surface area contributed by atoms with Crippen LogP contribution < -0.4 is 5.73 Å². The van der Waals surface area contributed by atoms with Gasteiger partial charge in [0.05, 0.1) is 5.04 Å². The molecule has 0 amide bonds. The first-order valence-corrected chi connectivity index (χ1v) is 5.76. The van der Waals surface area contributed by atoms with Crippen molar-refractivity contribution in [2.45, 2.75) is 11.9 Å². The minimum absolute atomic E-state index is 0.246. The first-order chi connectivity index (χ1) is 7.91. The number of aromatic nitrogens is 1. The van der Waals surface area contributed by atoms with Crippen molar-refractivity contribution in [1.29, 1.82) is 5.41 Å². The van der Waals surface area contributed by atoms with Crippen molar-refractivity contribution in [3.05, 3.63) is 54.5 Å². The number of nitrogens with two attached hydrogens (primary N) is 1. The Bertz CT molecular complexity index is 440. The van der Waals surface area contributed by atoms with E-state index in [-0.39, 0.29) is 5.04 Å². The van der Waals surface area contributed by atoms with Crippen LogP contribution in [0.2, 0.25) is 0 Å². The molecule has 0 bridgehead atoms. The lowest BCUT2D eigenvalue weighted by Gasteiger charge is -2.18. The molecule has 5 heteroatoms. The highest BCUT2D eigenvalue weighted by Gasteiger charge is 2.20. The standard InChI is InChI=1S/C12H15N3OS/c1-9(13)5-6-12(2,16)17-11(14)10-4-3-7-15-8-10/h3-8,14,16H,1,13H2,2H3/b6-5-,14-11?. The van der Waals surface area contributed by atoms with Crippen molar-refractivity contribution in [1.82, 2.24) is 4.98 Å². The summed E-state index contributed by atoms with van der Waals surface area (Å²) in [5.74, 6) is 0. The van der Waals surface area contributed by atoms with Crippen molar-refractivity contribution in [2.24, 2.45) is 5.73 Å². The van der Waals surface area contributed by atoms with E-state index in [2.05, 4.69) is 11.6 Å². The average molecular weight is 249 g/mol. The first-order valence-electron chi connectivity index (χ1n) is 4.95. The molecule has 90 valence electrons. The summed E-state index contributed by atoms with van der Waals surface area (Å²) < 4.78 is 0. The van der Waals surface area contributed by atoms with Crippen LogP contribution in [0.1, 0.15) is 12.5 Å². The summed E-state index contributed by atoms with van der Waals surface area (Å²) >= 11 is 1.01. The number of hydrogen-bond donors (Lipinski definition) is 3. The van der Waals surface area contributed by atoms with Gasteiger partial charge in [-0.1, -0.05) is 18.3 Å². The molecular formula is C12H15N3OS. The monoisotopic (exact) mass is 249 g/mol. The molecule has 0 aliphatic rings. The number of rotatable bonds is 4. The number of pyridine rings is 1. The van der Waals surface area contributed by atoms with Gasteiger partial charge in [0.25, 0.3) is 0 Å². The lowest BCUT2D eigenvalue weighted by atomic mass is 10.3. The highest BCUT2D eigenvalue weighted by molar-refractivity contribution is 8.15. The molecule has 0 aliphatic carbocycles. The number of aliphatic hydroxyl groups is 1. The Balaban J connectivity index is 2.71. The number of hydrogen-bond acceptors (Lipinski definition) is 5. The molecule has 0 spiro atoms. The molecule has 0 radical (unpaired) electrons. The van der Waals surface area contributed by atoms with Crippen LogP contribution in [0.4, 0.5) is 0 Å². The molecule has 4 N–H and O–H groups in total. The Kier molecular flexibility index (Phi) is 4.48. The van der Waals surface area contributed by atoms with Gasteiger partial charge in [-0.25, -0.2) is 0 Å². The Morgan fingerprint density at radius 3 is 2.94 bits per heavy atom. The second-order valence-electron chi connectivity index (χ2n) is 3.64.